The fourth-order valence-electron chi connectivity index (χ4n) is 3.95. The molecule has 0 unspecified atom stereocenters. The molecule has 1 aromatic heterocycles. The fourth-order valence-corrected chi connectivity index (χ4v) is 3.95. The van der Waals surface area contributed by atoms with Crippen LogP contribution < -0.4 is 10.5 Å². The molecule has 0 radical (unpaired) electrons. The van der Waals surface area contributed by atoms with Crippen molar-refractivity contribution in [3.63, 3.8) is 0 Å². The van der Waals surface area contributed by atoms with Gasteiger partial charge >= 0.3 is 0 Å². The number of aliphatic hydroxyl groups is 1. The number of anilines is 1. The van der Waals surface area contributed by atoms with Gasteiger partial charge in [0.05, 0.1) is 17.7 Å². The average Bonchev–Trinajstić information content (AvgIpc) is 2.87. The van der Waals surface area contributed by atoms with Crippen LogP contribution in [0, 0.1) is 0 Å². The minimum absolute atomic E-state index is 0.0471. The van der Waals surface area contributed by atoms with E-state index in [2.05, 4.69) is 12.0 Å². The monoisotopic (exact) mass is 441 g/mol. The van der Waals surface area contributed by atoms with Crippen molar-refractivity contribution >= 4 is 22.4 Å². The molecule has 4 aromatic rings. The van der Waals surface area contributed by atoms with Crippen LogP contribution in [0.3, 0.4) is 0 Å². The number of aliphatic hydroxyl groups excluding tert-OH is 1. The van der Waals surface area contributed by atoms with Gasteiger partial charge in [0.15, 0.2) is 0 Å². The molecule has 1 heterocycles. The summed E-state index contributed by atoms with van der Waals surface area (Å²) in [6.07, 6.45) is 0.929. The van der Waals surface area contributed by atoms with Gasteiger partial charge in [-0.25, -0.2) is 4.68 Å². The number of likely N-dealkylation sites (N-methyl/N-ethyl adjacent to an activating group) is 1. The summed E-state index contributed by atoms with van der Waals surface area (Å²) in [5.74, 6) is -0.201. The minimum Gasteiger partial charge on any atom is -0.392 e. The molecule has 0 fully saturated rings. The van der Waals surface area contributed by atoms with Gasteiger partial charge in [-0.15, -0.1) is 0 Å². The Hall–Kier alpha value is -3.77. The molecule has 1 N–H and O–H groups in total. The minimum atomic E-state index is -0.299. The topological polar surface area (TPSA) is 75.4 Å². The quantitative estimate of drug-likeness (QED) is 0.467. The molecule has 0 aliphatic carbocycles. The summed E-state index contributed by atoms with van der Waals surface area (Å²) < 4.78 is 1.25. The number of benzene rings is 3. The van der Waals surface area contributed by atoms with Crippen molar-refractivity contribution in [1.29, 1.82) is 0 Å². The molecule has 168 valence electrons. The van der Waals surface area contributed by atoms with E-state index in [1.54, 1.807) is 11.0 Å². The van der Waals surface area contributed by atoms with Gasteiger partial charge in [-0.05, 0) is 42.7 Å². The van der Waals surface area contributed by atoms with Gasteiger partial charge in [0.2, 0.25) is 5.91 Å². The molecule has 33 heavy (non-hydrogen) atoms. The maximum absolute atomic E-state index is 13.2. The second-order valence-electron chi connectivity index (χ2n) is 7.87. The summed E-state index contributed by atoms with van der Waals surface area (Å²) in [6.45, 7) is 4.28. The summed E-state index contributed by atoms with van der Waals surface area (Å²) in [5.41, 5.74) is 3.93. The number of aryl methyl sites for hydroxylation is 1. The maximum Gasteiger partial charge on any atom is 0.275 e. The molecule has 0 aliphatic rings. The van der Waals surface area contributed by atoms with Crippen molar-refractivity contribution in [1.82, 2.24) is 9.78 Å². The smallest absolute Gasteiger partial charge is 0.275 e. The first-order valence-corrected chi connectivity index (χ1v) is 11.1. The Labute approximate surface area is 192 Å². The number of rotatable bonds is 7. The highest BCUT2D eigenvalue weighted by Gasteiger charge is 2.18. The fraction of sp³-hybridized carbons (Fsp3) is 0.222. The number of carbonyl (C=O) groups is 1. The van der Waals surface area contributed by atoms with Crippen LogP contribution in [0.4, 0.5) is 5.69 Å². The Morgan fingerprint density at radius 3 is 2.15 bits per heavy atom. The van der Waals surface area contributed by atoms with Crippen molar-refractivity contribution in [2.45, 2.75) is 33.4 Å². The summed E-state index contributed by atoms with van der Waals surface area (Å²) in [7, 11) is 0. The van der Waals surface area contributed by atoms with Gasteiger partial charge in [0.1, 0.15) is 6.54 Å². The van der Waals surface area contributed by atoms with Crippen molar-refractivity contribution < 1.29 is 9.90 Å². The Kier molecular flexibility index (Phi) is 6.66. The molecule has 3 aromatic carbocycles. The highest BCUT2D eigenvalue weighted by atomic mass is 16.3. The number of hydrogen-bond acceptors (Lipinski definition) is 4. The highest BCUT2D eigenvalue weighted by Crippen LogP contribution is 2.25. The molecule has 6 heteroatoms. The van der Waals surface area contributed by atoms with Crippen LogP contribution in [-0.2, 0) is 24.4 Å². The van der Waals surface area contributed by atoms with Crippen molar-refractivity contribution in [3.8, 4) is 11.3 Å². The maximum atomic E-state index is 13.2. The van der Waals surface area contributed by atoms with E-state index in [1.807, 2.05) is 73.7 Å². The third-order valence-corrected chi connectivity index (χ3v) is 5.84. The third kappa shape index (κ3) is 4.56. The second-order valence-corrected chi connectivity index (χ2v) is 7.87. The predicted molar refractivity (Wildman–Crippen MR) is 131 cm³/mol. The van der Waals surface area contributed by atoms with Gasteiger partial charge in [0.25, 0.3) is 5.56 Å². The molecule has 1 amide bonds. The predicted octanol–water partition coefficient (Wildman–Crippen LogP) is 4.17. The lowest BCUT2D eigenvalue weighted by Gasteiger charge is -2.22. The van der Waals surface area contributed by atoms with Crippen LogP contribution in [0.1, 0.15) is 25.0 Å². The molecule has 0 saturated heterocycles. The Morgan fingerprint density at radius 1 is 0.909 bits per heavy atom. The van der Waals surface area contributed by atoms with E-state index in [-0.39, 0.29) is 24.6 Å². The van der Waals surface area contributed by atoms with Crippen molar-refractivity contribution in [3.05, 3.63) is 94.3 Å². The largest absolute Gasteiger partial charge is 0.392 e. The number of fused-ring (bicyclic) bond motifs is 1. The summed E-state index contributed by atoms with van der Waals surface area (Å²) in [4.78, 5) is 28.1. The van der Waals surface area contributed by atoms with Crippen LogP contribution in [0.2, 0.25) is 0 Å². The Balaban J connectivity index is 1.74. The van der Waals surface area contributed by atoms with Crippen molar-refractivity contribution in [2.75, 3.05) is 11.4 Å². The van der Waals surface area contributed by atoms with Crippen LogP contribution in [0.15, 0.2) is 77.6 Å². The van der Waals surface area contributed by atoms with Crippen LogP contribution >= 0.6 is 0 Å². The molecule has 0 spiro atoms. The zero-order valence-corrected chi connectivity index (χ0v) is 18.9. The molecule has 0 atom stereocenters. The summed E-state index contributed by atoms with van der Waals surface area (Å²) in [5, 5.41) is 15.2. The van der Waals surface area contributed by atoms with Crippen LogP contribution in [0.25, 0.3) is 22.0 Å². The van der Waals surface area contributed by atoms with Crippen molar-refractivity contribution in [2.24, 2.45) is 0 Å². The van der Waals surface area contributed by atoms with Gasteiger partial charge in [0, 0.05) is 23.2 Å². The lowest BCUT2D eigenvalue weighted by molar-refractivity contribution is -0.119. The van der Waals surface area contributed by atoms with E-state index in [9.17, 15) is 14.7 Å². The first-order valence-electron chi connectivity index (χ1n) is 11.1. The van der Waals surface area contributed by atoms with E-state index in [4.69, 9.17) is 0 Å². The molecule has 0 bridgehead atoms. The standard InChI is InChI=1S/C27H27N3O3/c1-3-19-11-15-22(16-12-19)29(4-2)25(32)17-30-27(33)24-8-6-5-7-23(24)26(28-30)21-13-9-20(18-31)10-14-21/h5-16,31H,3-4,17-18H2,1-2H3. The molecular weight excluding hydrogens is 414 g/mol. The lowest BCUT2D eigenvalue weighted by atomic mass is 10.0. The molecule has 4 rings (SSSR count). The van der Waals surface area contributed by atoms with E-state index < -0.39 is 0 Å². The molecule has 0 aliphatic heterocycles. The summed E-state index contributed by atoms with van der Waals surface area (Å²) in [6, 6.07) is 22.6. The normalized spacial score (nSPS) is 11.0. The van der Waals surface area contributed by atoms with Crippen LogP contribution in [0.5, 0.6) is 0 Å². The zero-order chi connectivity index (χ0) is 23.4. The Bertz CT molecular complexity index is 1330. The molecular formula is C27H27N3O3. The van der Waals surface area contributed by atoms with Gasteiger partial charge in [-0.3, -0.25) is 9.59 Å². The van der Waals surface area contributed by atoms with E-state index in [0.29, 0.717) is 17.6 Å². The van der Waals surface area contributed by atoms with E-state index in [1.165, 1.54) is 10.2 Å². The molecule has 0 saturated carbocycles. The average molecular weight is 442 g/mol. The number of nitrogens with zero attached hydrogens (tertiary/aromatic N) is 3. The SMILES string of the molecule is CCc1ccc(N(CC)C(=O)Cn2nc(-c3ccc(CO)cc3)c3ccccc3c2=O)cc1. The second kappa shape index (κ2) is 9.79. The zero-order valence-electron chi connectivity index (χ0n) is 18.9. The van der Waals surface area contributed by atoms with Gasteiger partial charge in [-0.2, -0.15) is 5.10 Å². The number of amides is 1. The Morgan fingerprint density at radius 2 is 1.55 bits per heavy atom. The van der Waals surface area contributed by atoms with E-state index in [0.717, 1.165) is 28.6 Å². The third-order valence-electron chi connectivity index (χ3n) is 5.84. The lowest BCUT2D eigenvalue weighted by Crippen LogP contribution is -2.37. The highest BCUT2D eigenvalue weighted by molar-refractivity contribution is 5.95. The van der Waals surface area contributed by atoms with E-state index >= 15 is 0 Å². The number of carbonyl (C=O) groups excluding carboxylic acids is 1. The summed E-state index contributed by atoms with van der Waals surface area (Å²) >= 11 is 0. The number of hydrogen-bond donors (Lipinski definition) is 1. The molecule has 6 nitrogen and oxygen atoms in total. The number of aromatic nitrogens is 2. The first-order chi connectivity index (χ1) is 16.0. The van der Waals surface area contributed by atoms with Gasteiger partial charge in [-0.1, -0.05) is 61.5 Å². The first kappa shape index (κ1) is 22.4. The van der Waals surface area contributed by atoms with Gasteiger partial charge < -0.3 is 10.0 Å². The van der Waals surface area contributed by atoms with Crippen LogP contribution in [-0.4, -0.2) is 27.3 Å².